The van der Waals surface area contributed by atoms with Crippen LogP contribution in [-0.2, 0) is 12.8 Å². The molecule has 0 unspecified atom stereocenters. The maximum atomic E-state index is 5.70. The number of anilines is 2. The monoisotopic (exact) mass is 378 g/mol. The molecule has 4 nitrogen and oxygen atoms in total. The number of rotatable bonds is 5. The van der Waals surface area contributed by atoms with Gasteiger partial charge >= 0.3 is 0 Å². The minimum Gasteiger partial charge on any atom is -0.375 e. The Morgan fingerprint density at radius 2 is 1.00 bits per heavy atom. The molecule has 0 saturated carbocycles. The van der Waals surface area contributed by atoms with Crippen LogP contribution in [0.25, 0.3) is 22.5 Å². The van der Waals surface area contributed by atoms with E-state index >= 15 is 0 Å². The minimum absolute atomic E-state index is 0.605. The Morgan fingerprint density at radius 1 is 0.615 bits per heavy atom. The average Bonchev–Trinajstić information content (AvgIpc) is 3.29. The molecule has 4 N–H and O–H groups in total. The molecule has 4 aromatic rings. The Labute approximate surface area is 160 Å². The van der Waals surface area contributed by atoms with Crippen LogP contribution in [0.15, 0.2) is 59.3 Å². The van der Waals surface area contributed by atoms with E-state index in [0.29, 0.717) is 10.3 Å². The van der Waals surface area contributed by atoms with Gasteiger partial charge in [0, 0.05) is 21.9 Å². The van der Waals surface area contributed by atoms with Crippen LogP contribution in [0.1, 0.15) is 11.1 Å². The number of aryl methyl sites for hydroxylation is 2. The largest absolute Gasteiger partial charge is 0.375 e. The van der Waals surface area contributed by atoms with Gasteiger partial charge in [-0.1, -0.05) is 48.5 Å². The highest BCUT2D eigenvalue weighted by atomic mass is 32.1. The van der Waals surface area contributed by atoms with Gasteiger partial charge in [-0.2, -0.15) is 0 Å². The normalized spacial score (nSPS) is 10.9. The van der Waals surface area contributed by atoms with E-state index in [2.05, 4.69) is 58.5 Å². The molecule has 0 fully saturated rings. The number of aromatic nitrogens is 2. The smallest absolute Gasteiger partial charge is 0.180 e. The zero-order chi connectivity index (χ0) is 17.9. The van der Waals surface area contributed by atoms with Gasteiger partial charge in [0.2, 0.25) is 0 Å². The number of nitrogens with zero attached hydrogens (tertiary/aromatic N) is 2. The fourth-order valence-electron chi connectivity index (χ4n) is 2.81. The molecule has 0 aliphatic carbocycles. The summed E-state index contributed by atoms with van der Waals surface area (Å²) in [7, 11) is 0. The van der Waals surface area contributed by atoms with E-state index in [-0.39, 0.29) is 0 Å². The van der Waals surface area contributed by atoms with Crippen molar-refractivity contribution in [3.8, 4) is 22.5 Å². The maximum Gasteiger partial charge on any atom is 0.180 e. The van der Waals surface area contributed by atoms with Gasteiger partial charge in [-0.15, -0.1) is 22.7 Å². The summed E-state index contributed by atoms with van der Waals surface area (Å²) in [5.74, 6) is 0. The molecule has 130 valence electrons. The van der Waals surface area contributed by atoms with Crippen LogP contribution >= 0.6 is 22.7 Å². The summed E-state index contributed by atoms with van der Waals surface area (Å²) >= 11 is 2.94. The standard InChI is InChI=1S/C20H18N4S2/c21-19-23-17(11-25-19)15-7-3-13(4-8-15)1-2-14-5-9-16(10-6-14)18-12-26-20(22)24-18/h3-12H,1-2H2,(H2,21,23)(H2,22,24). The van der Waals surface area contributed by atoms with Gasteiger partial charge in [0.05, 0.1) is 11.4 Å². The summed E-state index contributed by atoms with van der Waals surface area (Å²) in [4.78, 5) is 8.65. The summed E-state index contributed by atoms with van der Waals surface area (Å²) < 4.78 is 0. The number of nitrogens with two attached hydrogens (primary N) is 2. The molecule has 0 spiro atoms. The quantitative estimate of drug-likeness (QED) is 0.519. The Bertz CT molecular complexity index is 917. The molecular weight excluding hydrogens is 360 g/mol. The topological polar surface area (TPSA) is 77.8 Å². The van der Waals surface area contributed by atoms with Crippen LogP contribution in [0.2, 0.25) is 0 Å². The van der Waals surface area contributed by atoms with E-state index in [1.54, 1.807) is 0 Å². The molecule has 26 heavy (non-hydrogen) atoms. The molecule has 2 aromatic heterocycles. The fourth-order valence-corrected chi connectivity index (χ4v) is 3.96. The van der Waals surface area contributed by atoms with Crippen LogP contribution in [0.4, 0.5) is 10.3 Å². The van der Waals surface area contributed by atoms with Gasteiger partial charge in [0.15, 0.2) is 10.3 Å². The predicted octanol–water partition coefficient (Wildman–Crippen LogP) is 4.88. The first-order valence-corrected chi connectivity index (χ1v) is 10.0. The highest BCUT2D eigenvalue weighted by Crippen LogP contribution is 2.25. The van der Waals surface area contributed by atoms with Crippen LogP contribution in [0.3, 0.4) is 0 Å². The SMILES string of the molecule is Nc1nc(-c2ccc(CCc3ccc(-c4csc(N)n4)cc3)cc2)cs1. The van der Waals surface area contributed by atoms with Gasteiger partial charge in [-0.3, -0.25) is 0 Å². The number of hydrogen-bond acceptors (Lipinski definition) is 6. The zero-order valence-corrected chi connectivity index (χ0v) is 15.7. The van der Waals surface area contributed by atoms with Gasteiger partial charge in [-0.05, 0) is 24.0 Å². The molecule has 4 rings (SSSR count). The second-order valence-electron chi connectivity index (χ2n) is 6.04. The van der Waals surface area contributed by atoms with Gasteiger partial charge in [-0.25, -0.2) is 9.97 Å². The molecule has 2 heterocycles. The molecular formula is C20H18N4S2. The predicted molar refractivity (Wildman–Crippen MR) is 111 cm³/mol. The third-order valence-electron chi connectivity index (χ3n) is 4.25. The number of thiazole rings is 2. The molecule has 0 atom stereocenters. The Kier molecular flexibility index (Phi) is 4.69. The van der Waals surface area contributed by atoms with Gasteiger partial charge < -0.3 is 11.5 Å². The lowest BCUT2D eigenvalue weighted by Crippen LogP contribution is -1.92. The van der Waals surface area contributed by atoms with Crippen LogP contribution in [0.5, 0.6) is 0 Å². The second-order valence-corrected chi connectivity index (χ2v) is 7.82. The van der Waals surface area contributed by atoms with Crippen molar-refractivity contribution in [1.82, 2.24) is 9.97 Å². The summed E-state index contributed by atoms with van der Waals surface area (Å²) in [6.45, 7) is 0. The van der Waals surface area contributed by atoms with Crippen molar-refractivity contribution >= 4 is 32.9 Å². The lowest BCUT2D eigenvalue weighted by molar-refractivity contribution is 0.960. The van der Waals surface area contributed by atoms with Crippen molar-refractivity contribution in [3.05, 3.63) is 70.4 Å². The van der Waals surface area contributed by atoms with Crippen molar-refractivity contribution in [2.75, 3.05) is 11.5 Å². The summed E-state index contributed by atoms with van der Waals surface area (Å²) in [5, 5.41) is 5.18. The Morgan fingerprint density at radius 3 is 1.31 bits per heavy atom. The van der Waals surface area contributed by atoms with E-state index in [0.717, 1.165) is 35.4 Å². The number of hydrogen-bond donors (Lipinski definition) is 2. The van der Waals surface area contributed by atoms with Crippen molar-refractivity contribution in [1.29, 1.82) is 0 Å². The van der Waals surface area contributed by atoms with Crippen molar-refractivity contribution in [2.45, 2.75) is 12.8 Å². The first kappa shape index (κ1) is 16.8. The maximum absolute atomic E-state index is 5.70. The van der Waals surface area contributed by atoms with E-state index in [9.17, 15) is 0 Å². The molecule has 0 amide bonds. The van der Waals surface area contributed by atoms with Crippen molar-refractivity contribution < 1.29 is 0 Å². The highest BCUT2D eigenvalue weighted by molar-refractivity contribution is 7.14. The third kappa shape index (κ3) is 3.76. The van der Waals surface area contributed by atoms with E-state index in [4.69, 9.17) is 11.5 Å². The average molecular weight is 379 g/mol. The van der Waals surface area contributed by atoms with Crippen LogP contribution < -0.4 is 11.5 Å². The second kappa shape index (κ2) is 7.27. The van der Waals surface area contributed by atoms with E-state index < -0.39 is 0 Å². The zero-order valence-electron chi connectivity index (χ0n) is 14.1. The fraction of sp³-hybridized carbons (Fsp3) is 0.100. The highest BCUT2D eigenvalue weighted by Gasteiger charge is 2.04. The Balaban J connectivity index is 1.39. The van der Waals surface area contributed by atoms with Gasteiger partial charge in [0.1, 0.15) is 0 Å². The first-order valence-electron chi connectivity index (χ1n) is 8.28. The molecule has 0 aliphatic heterocycles. The van der Waals surface area contributed by atoms with Crippen LogP contribution in [-0.4, -0.2) is 9.97 Å². The van der Waals surface area contributed by atoms with E-state index in [1.807, 2.05) is 10.8 Å². The Hall–Kier alpha value is -2.70. The minimum atomic E-state index is 0.605. The molecule has 2 aromatic carbocycles. The van der Waals surface area contributed by atoms with Crippen LogP contribution in [0, 0.1) is 0 Å². The van der Waals surface area contributed by atoms with Gasteiger partial charge in [0.25, 0.3) is 0 Å². The first-order chi connectivity index (χ1) is 12.7. The summed E-state index contributed by atoms with van der Waals surface area (Å²) in [5.41, 5.74) is 18.1. The molecule has 0 aliphatic rings. The molecule has 0 bridgehead atoms. The lowest BCUT2D eigenvalue weighted by Gasteiger charge is -2.05. The molecule has 0 saturated heterocycles. The molecule has 6 heteroatoms. The third-order valence-corrected chi connectivity index (χ3v) is 5.59. The van der Waals surface area contributed by atoms with Crippen molar-refractivity contribution in [3.63, 3.8) is 0 Å². The molecule has 0 radical (unpaired) electrons. The summed E-state index contributed by atoms with van der Waals surface area (Å²) in [6, 6.07) is 17.1. The summed E-state index contributed by atoms with van der Waals surface area (Å²) in [6.07, 6.45) is 2.00. The van der Waals surface area contributed by atoms with E-state index in [1.165, 1.54) is 33.8 Å². The number of benzene rings is 2. The lowest BCUT2D eigenvalue weighted by atomic mass is 10.0. The van der Waals surface area contributed by atoms with Crippen molar-refractivity contribution in [2.24, 2.45) is 0 Å². The number of nitrogen functional groups attached to an aromatic ring is 2.